The van der Waals surface area contributed by atoms with E-state index >= 15 is 0 Å². The van der Waals surface area contributed by atoms with Crippen LogP contribution in [0.4, 0.5) is 18.9 Å². The molecular weight excluding hydrogens is 331 g/mol. The molecule has 4 rings (SSSR count). The number of carbonyl (C=O) groups excluding carboxylic acids is 1. The maximum atomic E-state index is 12.9. The summed E-state index contributed by atoms with van der Waals surface area (Å²) in [6.07, 6.45) is -4.47. The summed E-state index contributed by atoms with van der Waals surface area (Å²) >= 11 is 6.01. The van der Waals surface area contributed by atoms with Gasteiger partial charge in [-0.25, -0.2) is 0 Å². The van der Waals surface area contributed by atoms with Crippen LogP contribution in [0.3, 0.4) is 0 Å². The van der Waals surface area contributed by atoms with Crippen molar-refractivity contribution in [2.45, 2.75) is 11.6 Å². The molecule has 0 fully saturated rings. The maximum Gasteiger partial charge on any atom is 0.416 e. The van der Waals surface area contributed by atoms with Gasteiger partial charge >= 0.3 is 6.18 Å². The van der Waals surface area contributed by atoms with Gasteiger partial charge in [0.25, 0.3) is 0 Å². The van der Waals surface area contributed by atoms with E-state index in [4.69, 9.17) is 16.3 Å². The molecule has 0 saturated heterocycles. The van der Waals surface area contributed by atoms with Gasteiger partial charge in [-0.3, -0.25) is 4.79 Å². The molecule has 0 radical (unpaired) electrons. The van der Waals surface area contributed by atoms with E-state index in [0.29, 0.717) is 21.9 Å². The lowest BCUT2D eigenvalue weighted by Gasteiger charge is -2.20. The Kier molecular flexibility index (Phi) is 2.76. The van der Waals surface area contributed by atoms with Crippen LogP contribution in [0.2, 0.25) is 5.02 Å². The SMILES string of the molecule is O=C1Nc2cc(C(F)(F)F)ccc2C12COc1ccc(Cl)cc12. The Bertz CT molecular complexity index is 850. The average Bonchev–Trinajstić information content (AvgIpc) is 2.98. The summed E-state index contributed by atoms with van der Waals surface area (Å²) in [6, 6.07) is 8.17. The zero-order chi connectivity index (χ0) is 16.4. The Hall–Kier alpha value is -2.21. The number of carbonyl (C=O) groups is 1. The number of hydrogen-bond acceptors (Lipinski definition) is 2. The van der Waals surface area contributed by atoms with E-state index < -0.39 is 23.1 Å². The van der Waals surface area contributed by atoms with E-state index in [9.17, 15) is 18.0 Å². The molecule has 0 aliphatic carbocycles. The summed E-state index contributed by atoms with van der Waals surface area (Å²) in [5.74, 6) is 0.102. The van der Waals surface area contributed by atoms with Crippen LogP contribution in [0, 0.1) is 0 Å². The Balaban J connectivity index is 1.92. The van der Waals surface area contributed by atoms with E-state index in [0.717, 1.165) is 12.1 Å². The van der Waals surface area contributed by atoms with Gasteiger partial charge in [0.1, 0.15) is 17.8 Å². The topological polar surface area (TPSA) is 38.3 Å². The Morgan fingerprint density at radius 2 is 1.91 bits per heavy atom. The number of ether oxygens (including phenoxy) is 1. The van der Waals surface area contributed by atoms with Crippen molar-refractivity contribution in [2.75, 3.05) is 11.9 Å². The maximum absolute atomic E-state index is 12.9. The molecule has 2 heterocycles. The lowest BCUT2D eigenvalue weighted by molar-refractivity contribution is -0.137. The molecule has 3 nitrogen and oxygen atoms in total. The monoisotopic (exact) mass is 339 g/mol. The highest BCUT2D eigenvalue weighted by Crippen LogP contribution is 2.51. The van der Waals surface area contributed by atoms with Gasteiger partial charge in [0.05, 0.1) is 5.56 Å². The van der Waals surface area contributed by atoms with Crippen molar-refractivity contribution >= 4 is 23.2 Å². The van der Waals surface area contributed by atoms with Gasteiger partial charge in [-0.1, -0.05) is 17.7 Å². The fraction of sp³-hybridized carbons (Fsp3) is 0.188. The number of benzene rings is 2. The Morgan fingerprint density at radius 1 is 1.13 bits per heavy atom. The molecule has 0 bridgehead atoms. The van der Waals surface area contributed by atoms with E-state index in [1.54, 1.807) is 18.2 Å². The third-order valence-corrected chi connectivity index (χ3v) is 4.52. The van der Waals surface area contributed by atoms with Gasteiger partial charge in [0.15, 0.2) is 0 Å². The van der Waals surface area contributed by atoms with Gasteiger partial charge in [-0.15, -0.1) is 0 Å². The molecule has 1 amide bonds. The summed E-state index contributed by atoms with van der Waals surface area (Å²) < 4.78 is 44.2. The standard InChI is InChI=1S/C16H9ClF3NO2/c17-9-2-4-13-11(6-9)15(7-23-13)10-3-1-8(16(18,19)20)5-12(10)21-14(15)22/h1-6H,7H2,(H,21,22). The van der Waals surface area contributed by atoms with Gasteiger partial charge < -0.3 is 10.1 Å². The molecule has 1 unspecified atom stereocenters. The molecule has 118 valence electrons. The van der Waals surface area contributed by atoms with E-state index in [1.165, 1.54) is 6.07 Å². The minimum Gasteiger partial charge on any atom is -0.491 e. The van der Waals surface area contributed by atoms with Crippen molar-refractivity contribution in [3.8, 4) is 5.75 Å². The summed E-state index contributed by atoms with van der Waals surface area (Å²) in [5, 5.41) is 2.97. The highest BCUT2D eigenvalue weighted by Gasteiger charge is 2.54. The zero-order valence-electron chi connectivity index (χ0n) is 11.5. The fourth-order valence-corrected chi connectivity index (χ4v) is 3.36. The van der Waals surface area contributed by atoms with E-state index in [1.807, 2.05) is 0 Å². The molecule has 0 aromatic heterocycles. The molecule has 7 heteroatoms. The van der Waals surface area contributed by atoms with E-state index in [2.05, 4.69) is 5.32 Å². The molecule has 2 aromatic rings. The normalized spacial score (nSPS) is 21.8. The third kappa shape index (κ3) is 1.88. The molecule has 0 saturated carbocycles. The zero-order valence-corrected chi connectivity index (χ0v) is 12.3. The van der Waals surface area contributed by atoms with Crippen molar-refractivity contribution in [3.63, 3.8) is 0 Å². The van der Waals surface area contributed by atoms with Crippen molar-refractivity contribution in [1.29, 1.82) is 0 Å². The Morgan fingerprint density at radius 3 is 2.65 bits per heavy atom. The number of halogens is 4. The van der Waals surface area contributed by atoms with Gasteiger partial charge in [0.2, 0.25) is 5.91 Å². The van der Waals surface area contributed by atoms with Gasteiger partial charge in [-0.2, -0.15) is 13.2 Å². The van der Waals surface area contributed by atoms with Gasteiger partial charge in [0, 0.05) is 16.3 Å². The quantitative estimate of drug-likeness (QED) is 0.788. The predicted molar refractivity (Wildman–Crippen MR) is 77.8 cm³/mol. The molecule has 1 N–H and O–H groups in total. The van der Waals surface area contributed by atoms with Crippen molar-refractivity contribution in [3.05, 3.63) is 58.1 Å². The molecule has 2 aliphatic heterocycles. The Labute approximate surface area is 134 Å². The molecular formula is C16H9ClF3NO2. The number of anilines is 1. The largest absolute Gasteiger partial charge is 0.491 e. The van der Waals surface area contributed by atoms with Crippen LogP contribution in [0.25, 0.3) is 0 Å². The predicted octanol–water partition coefficient (Wildman–Crippen LogP) is 3.99. The number of alkyl halides is 3. The molecule has 1 atom stereocenters. The molecule has 2 aliphatic rings. The number of fused-ring (bicyclic) bond motifs is 4. The van der Waals surface area contributed by atoms with Crippen LogP contribution >= 0.6 is 11.6 Å². The number of amides is 1. The minimum absolute atomic E-state index is 0.0346. The van der Waals surface area contributed by atoms with Crippen LogP contribution < -0.4 is 10.1 Å². The highest BCUT2D eigenvalue weighted by molar-refractivity contribution is 6.30. The average molecular weight is 340 g/mol. The first-order chi connectivity index (χ1) is 10.8. The molecule has 23 heavy (non-hydrogen) atoms. The van der Waals surface area contributed by atoms with Crippen molar-refractivity contribution in [1.82, 2.24) is 0 Å². The molecule has 1 spiro atoms. The summed E-state index contributed by atoms with van der Waals surface area (Å²) in [5.41, 5.74) is -0.766. The number of hydrogen-bond donors (Lipinski definition) is 1. The lowest BCUT2D eigenvalue weighted by atomic mass is 9.77. The van der Waals surface area contributed by atoms with Crippen LogP contribution in [0.5, 0.6) is 5.75 Å². The lowest BCUT2D eigenvalue weighted by Crippen LogP contribution is -2.37. The highest BCUT2D eigenvalue weighted by atomic mass is 35.5. The summed E-state index contributed by atoms with van der Waals surface area (Å²) in [6.45, 7) is 0.0346. The fourth-order valence-electron chi connectivity index (χ4n) is 3.18. The number of nitrogens with one attached hydrogen (secondary N) is 1. The summed E-state index contributed by atoms with van der Waals surface area (Å²) in [4.78, 5) is 12.6. The van der Waals surface area contributed by atoms with E-state index in [-0.39, 0.29) is 12.3 Å². The first-order valence-corrected chi connectivity index (χ1v) is 7.16. The minimum atomic E-state index is -4.47. The second-order valence-corrected chi connectivity index (χ2v) is 5.98. The van der Waals surface area contributed by atoms with Crippen LogP contribution in [-0.2, 0) is 16.4 Å². The number of rotatable bonds is 0. The smallest absolute Gasteiger partial charge is 0.416 e. The van der Waals surface area contributed by atoms with Crippen LogP contribution in [0.15, 0.2) is 36.4 Å². The van der Waals surface area contributed by atoms with Gasteiger partial charge in [-0.05, 0) is 35.9 Å². The summed E-state index contributed by atoms with van der Waals surface area (Å²) in [7, 11) is 0. The third-order valence-electron chi connectivity index (χ3n) is 4.29. The first kappa shape index (κ1) is 14.4. The molecule has 2 aromatic carbocycles. The van der Waals surface area contributed by atoms with Crippen LogP contribution in [0.1, 0.15) is 16.7 Å². The van der Waals surface area contributed by atoms with Crippen molar-refractivity contribution in [2.24, 2.45) is 0 Å². The second kappa shape index (κ2) is 4.41. The second-order valence-electron chi connectivity index (χ2n) is 5.55. The first-order valence-electron chi connectivity index (χ1n) is 6.78. The van der Waals surface area contributed by atoms with Crippen molar-refractivity contribution < 1.29 is 22.7 Å². The van der Waals surface area contributed by atoms with Crippen LogP contribution in [-0.4, -0.2) is 12.5 Å².